The third-order valence-electron chi connectivity index (χ3n) is 11.6. The largest absolute Gasteiger partial charge is 0.457 e. The molecule has 8 aromatic carbocycles. The second-order valence-electron chi connectivity index (χ2n) is 14.8. The van der Waals surface area contributed by atoms with Gasteiger partial charge in [0.25, 0.3) is 0 Å². The molecule has 0 radical (unpaired) electrons. The summed E-state index contributed by atoms with van der Waals surface area (Å²) in [6.07, 6.45) is 0. The van der Waals surface area contributed by atoms with E-state index in [2.05, 4.69) is 164 Å². The number of ether oxygens (including phenoxy) is 1. The standard InChI is InChI=1S/C54H33N3O/c55-34-35-22-28-51-47(30-35)54(45-20-9-7-18-43(45)44-19-8-10-21-46(44)54)48-32-41(27-29-52(48)58-51)40-16-11-17-42(31-40)50-33-49(56-53(57-50)39-14-5-2-6-15-39)38-25-23-37(24-26-38)36-12-3-1-4-13-36/h1-33H. The van der Waals surface area contributed by atoms with E-state index < -0.39 is 5.41 Å². The van der Waals surface area contributed by atoms with Crippen LogP contribution in [-0.2, 0) is 5.41 Å². The Morgan fingerprint density at radius 1 is 0.379 bits per heavy atom. The Kier molecular flexibility index (Phi) is 7.74. The van der Waals surface area contributed by atoms with Crippen LogP contribution in [0.1, 0.15) is 27.8 Å². The molecule has 9 aromatic rings. The van der Waals surface area contributed by atoms with Gasteiger partial charge < -0.3 is 4.74 Å². The zero-order valence-electron chi connectivity index (χ0n) is 31.3. The Labute approximate surface area is 337 Å². The second kappa shape index (κ2) is 13.4. The maximum absolute atomic E-state index is 10.1. The van der Waals surface area contributed by atoms with Crippen LogP contribution in [0.25, 0.3) is 67.3 Å². The minimum Gasteiger partial charge on any atom is -0.457 e. The van der Waals surface area contributed by atoms with Gasteiger partial charge >= 0.3 is 0 Å². The Hall–Kier alpha value is -7.87. The summed E-state index contributed by atoms with van der Waals surface area (Å²) in [7, 11) is 0. The number of nitriles is 1. The summed E-state index contributed by atoms with van der Waals surface area (Å²) in [5.41, 5.74) is 15.8. The first-order valence-corrected chi connectivity index (χ1v) is 19.4. The van der Waals surface area contributed by atoms with Crippen LogP contribution >= 0.6 is 0 Å². The average Bonchev–Trinajstić information content (AvgIpc) is 3.60. The van der Waals surface area contributed by atoms with Gasteiger partial charge in [0.1, 0.15) is 11.5 Å². The molecule has 0 amide bonds. The summed E-state index contributed by atoms with van der Waals surface area (Å²) in [5.74, 6) is 2.23. The normalized spacial score (nSPS) is 12.7. The zero-order chi connectivity index (χ0) is 38.6. The van der Waals surface area contributed by atoms with Gasteiger partial charge in [0, 0.05) is 27.8 Å². The van der Waals surface area contributed by atoms with E-state index in [1.165, 1.54) is 27.8 Å². The summed E-state index contributed by atoms with van der Waals surface area (Å²) < 4.78 is 6.69. The number of rotatable bonds is 5. The molecule has 1 aliphatic heterocycles. The maximum atomic E-state index is 10.1. The molecule has 0 saturated heterocycles. The first kappa shape index (κ1) is 33.5. The predicted molar refractivity (Wildman–Crippen MR) is 231 cm³/mol. The summed E-state index contributed by atoms with van der Waals surface area (Å²) in [6, 6.07) is 71.9. The Morgan fingerprint density at radius 2 is 0.879 bits per heavy atom. The van der Waals surface area contributed by atoms with Gasteiger partial charge in [-0.25, -0.2) is 9.97 Å². The van der Waals surface area contributed by atoms with Crippen molar-refractivity contribution < 1.29 is 4.74 Å². The molecular formula is C54H33N3O. The number of fused-ring (bicyclic) bond motifs is 9. The number of nitrogens with zero attached hydrogens (tertiary/aromatic N) is 3. The smallest absolute Gasteiger partial charge is 0.160 e. The fourth-order valence-corrected chi connectivity index (χ4v) is 8.93. The quantitative estimate of drug-likeness (QED) is 0.176. The van der Waals surface area contributed by atoms with Crippen LogP contribution in [0.5, 0.6) is 11.5 Å². The molecule has 11 rings (SSSR count). The van der Waals surface area contributed by atoms with Crippen LogP contribution in [0.3, 0.4) is 0 Å². The van der Waals surface area contributed by atoms with E-state index in [-0.39, 0.29) is 0 Å². The minimum absolute atomic E-state index is 0.599. The molecule has 2 aliphatic rings. The molecule has 1 aliphatic carbocycles. The molecule has 0 N–H and O–H groups in total. The average molecular weight is 740 g/mol. The summed E-state index contributed by atoms with van der Waals surface area (Å²) in [5, 5.41) is 10.1. The first-order valence-electron chi connectivity index (χ1n) is 19.4. The Balaban J connectivity index is 1.06. The zero-order valence-corrected chi connectivity index (χ0v) is 31.3. The van der Waals surface area contributed by atoms with Gasteiger partial charge in [0.2, 0.25) is 0 Å². The van der Waals surface area contributed by atoms with E-state index in [4.69, 9.17) is 14.7 Å². The van der Waals surface area contributed by atoms with E-state index in [1.54, 1.807) is 0 Å². The Morgan fingerprint density at radius 3 is 1.57 bits per heavy atom. The summed E-state index contributed by atoms with van der Waals surface area (Å²) >= 11 is 0. The van der Waals surface area contributed by atoms with Crippen molar-refractivity contribution in [2.45, 2.75) is 5.41 Å². The molecule has 0 saturated carbocycles. The van der Waals surface area contributed by atoms with E-state index in [9.17, 15) is 5.26 Å². The fraction of sp³-hybridized carbons (Fsp3) is 0.0185. The lowest BCUT2D eigenvalue weighted by molar-refractivity contribution is 0.436. The van der Waals surface area contributed by atoms with Crippen molar-refractivity contribution in [1.82, 2.24) is 9.97 Å². The van der Waals surface area contributed by atoms with Crippen molar-refractivity contribution >= 4 is 0 Å². The predicted octanol–water partition coefficient (Wildman–Crippen LogP) is 13.2. The summed E-state index contributed by atoms with van der Waals surface area (Å²) in [4.78, 5) is 10.3. The van der Waals surface area contributed by atoms with Crippen LogP contribution < -0.4 is 4.74 Å². The molecule has 0 fully saturated rings. The molecule has 1 aromatic heterocycles. The molecule has 0 bridgehead atoms. The van der Waals surface area contributed by atoms with Crippen LogP contribution in [-0.4, -0.2) is 9.97 Å². The summed E-state index contributed by atoms with van der Waals surface area (Å²) in [6.45, 7) is 0. The molecule has 270 valence electrons. The van der Waals surface area contributed by atoms with Crippen molar-refractivity contribution in [3.05, 3.63) is 228 Å². The van der Waals surface area contributed by atoms with Crippen LogP contribution in [0, 0.1) is 11.3 Å². The lowest BCUT2D eigenvalue weighted by Gasteiger charge is -2.39. The lowest BCUT2D eigenvalue weighted by Crippen LogP contribution is -2.32. The molecular weight excluding hydrogens is 707 g/mol. The topological polar surface area (TPSA) is 58.8 Å². The highest BCUT2D eigenvalue weighted by atomic mass is 16.5. The number of hydrogen-bond donors (Lipinski definition) is 0. The molecule has 0 atom stereocenters. The van der Waals surface area contributed by atoms with Crippen molar-refractivity contribution in [3.8, 4) is 84.9 Å². The van der Waals surface area contributed by atoms with Gasteiger partial charge in [-0.05, 0) is 87.0 Å². The number of hydrogen-bond acceptors (Lipinski definition) is 4. The van der Waals surface area contributed by atoms with Crippen molar-refractivity contribution in [2.24, 2.45) is 0 Å². The van der Waals surface area contributed by atoms with Gasteiger partial charge in [-0.15, -0.1) is 0 Å². The van der Waals surface area contributed by atoms with E-state index in [0.29, 0.717) is 11.4 Å². The SMILES string of the molecule is N#Cc1ccc2c(c1)C1(c3cc(-c4cccc(-c5cc(-c6ccc(-c7ccccc7)cc6)nc(-c6ccccc6)n5)c4)ccc3O2)c2ccccc2-c2ccccc21. The van der Waals surface area contributed by atoms with Gasteiger partial charge in [-0.2, -0.15) is 5.26 Å². The van der Waals surface area contributed by atoms with Crippen molar-refractivity contribution in [2.75, 3.05) is 0 Å². The van der Waals surface area contributed by atoms with Gasteiger partial charge in [0.05, 0.1) is 28.4 Å². The van der Waals surface area contributed by atoms with Crippen LogP contribution in [0.2, 0.25) is 0 Å². The molecule has 2 heterocycles. The van der Waals surface area contributed by atoms with Gasteiger partial charge in [-0.1, -0.05) is 158 Å². The number of benzene rings is 8. The monoisotopic (exact) mass is 739 g/mol. The highest BCUT2D eigenvalue weighted by Crippen LogP contribution is 2.62. The van der Waals surface area contributed by atoms with Gasteiger partial charge in [0.15, 0.2) is 5.82 Å². The van der Waals surface area contributed by atoms with Crippen molar-refractivity contribution in [1.29, 1.82) is 5.26 Å². The molecule has 0 unspecified atom stereocenters. The number of aromatic nitrogens is 2. The highest BCUT2D eigenvalue weighted by molar-refractivity contribution is 5.89. The maximum Gasteiger partial charge on any atom is 0.160 e. The lowest BCUT2D eigenvalue weighted by atomic mass is 9.65. The third kappa shape index (κ3) is 5.29. The molecule has 4 nitrogen and oxygen atoms in total. The molecule has 58 heavy (non-hydrogen) atoms. The minimum atomic E-state index is -0.682. The van der Waals surface area contributed by atoms with Crippen LogP contribution in [0.15, 0.2) is 200 Å². The Bertz CT molecular complexity index is 3050. The van der Waals surface area contributed by atoms with Gasteiger partial charge in [-0.3, -0.25) is 0 Å². The fourth-order valence-electron chi connectivity index (χ4n) is 8.93. The second-order valence-corrected chi connectivity index (χ2v) is 14.8. The van der Waals surface area contributed by atoms with Crippen molar-refractivity contribution in [3.63, 3.8) is 0 Å². The van der Waals surface area contributed by atoms with E-state index in [1.807, 2.05) is 42.5 Å². The van der Waals surface area contributed by atoms with Crippen LogP contribution in [0.4, 0.5) is 0 Å². The van der Waals surface area contributed by atoms with E-state index >= 15 is 0 Å². The highest BCUT2D eigenvalue weighted by Gasteiger charge is 2.51. The molecule has 1 spiro atoms. The van der Waals surface area contributed by atoms with E-state index in [0.717, 1.165) is 67.4 Å². The third-order valence-corrected chi connectivity index (χ3v) is 11.6. The first-order chi connectivity index (χ1) is 28.7. The molecule has 4 heteroatoms.